The van der Waals surface area contributed by atoms with Crippen LogP contribution in [0.3, 0.4) is 0 Å². The van der Waals surface area contributed by atoms with Crippen LogP contribution in [0.5, 0.6) is 0 Å². The van der Waals surface area contributed by atoms with E-state index >= 15 is 0 Å². The van der Waals surface area contributed by atoms with E-state index < -0.39 is 0 Å². The van der Waals surface area contributed by atoms with Crippen LogP contribution in [0.15, 0.2) is 34.1 Å². The molecule has 2 fully saturated rings. The minimum absolute atomic E-state index is 0.145. The highest BCUT2D eigenvalue weighted by Gasteiger charge is 2.32. The van der Waals surface area contributed by atoms with Gasteiger partial charge >= 0.3 is 0 Å². The first-order valence-electron chi connectivity index (χ1n) is 9.51. The molecule has 0 unspecified atom stereocenters. The molecule has 4 heterocycles. The van der Waals surface area contributed by atoms with Crippen molar-refractivity contribution in [2.24, 2.45) is 5.92 Å². The second kappa shape index (κ2) is 7.67. The quantitative estimate of drug-likeness (QED) is 0.568. The molecule has 0 atom stereocenters. The minimum Gasteiger partial charge on any atom is -0.356 e. The number of pyridine rings is 1. The van der Waals surface area contributed by atoms with Gasteiger partial charge in [0, 0.05) is 25.8 Å². The Kier molecular flexibility index (Phi) is 5.25. The standard InChI is InChI=1S/C20H22N4O2S2/c1-3-23-19(26)15(28-20(23)27)12-14-17(22-10-7-13(2)8-11-22)21-16-6-4-5-9-24(16)18(14)25/h4-6,9,12-13H,3,7-8,10-11H2,1-2H3/b15-12-. The molecule has 0 saturated carbocycles. The first-order valence-corrected chi connectivity index (χ1v) is 10.7. The maximum absolute atomic E-state index is 13.3. The smallest absolute Gasteiger partial charge is 0.267 e. The molecule has 4 rings (SSSR count). The molecule has 2 aliphatic rings. The SMILES string of the molecule is CCN1C(=O)/C(=C/c2c(N3CCC(C)CC3)nc3ccccn3c2=O)SC1=S. The van der Waals surface area contributed by atoms with Gasteiger partial charge in [-0.15, -0.1) is 0 Å². The normalized spacial score (nSPS) is 20.0. The number of thioether (sulfide) groups is 1. The Morgan fingerprint density at radius 1 is 1.29 bits per heavy atom. The number of anilines is 1. The van der Waals surface area contributed by atoms with Crippen LogP contribution >= 0.6 is 24.0 Å². The van der Waals surface area contributed by atoms with E-state index in [9.17, 15) is 9.59 Å². The Bertz CT molecular complexity index is 1040. The van der Waals surface area contributed by atoms with E-state index in [1.807, 2.05) is 19.1 Å². The Morgan fingerprint density at radius 2 is 2.04 bits per heavy atom. The molecule has 146 valence electrons. The van der Waals surface area contributed by atoms with Gasteiger partial charge in [-0.05, 0) is 43.9 Å². The maximum atomic E-state index is 13.3. The molecule has 2 aromatic rings. The van der Waals surface area contributed by atoms with Crippen LogP contribution in [0.1, 0.15) is 32.3 Å². The van der Waals surface area contributed by atoms with Crippen LogP contribution in [0.2, 0.25) is 0 Å². The summed E-state index contributed by atoms with van der Waals surface area (Å²) in [6, 6.07) is 5.51. The van der Waals surface area contributed by atoms with Crippen molar-refractivity contribution < 1.29 is 4.79 Å². The average Bonchev–Trinajstić information content (AvgIpc) is 2.97. The molecule has 2 aliphatic heterocycles. The average molecular weight is 415 g/mol. The summed E-state index contributed by atoms with van der Waals surface area (Å²) >= 11 is 6.55. The van der Waals surface area contributed by atoms with Crippen molar-refractivity contribution in [1.82, 2.24) is 14.3 Å². The van der Waals surface area contributed by atoms with Crippen molar-refractivity contribution in [3.63, 3.8) is 0 Å². The van der Waals surface area contributed by atoms with Gasteiger partial charge in [0.05, 0.1) is 10.5 Å². The molecule has 0 bridgehead atoms. The van der Waals surface area contributed by atoms with Crippen LogP contribution in [-0.2, 0) is 4.79 Å². The van der Waals surface area contributed by atoms with Crippen molar-refractivity contribution in [3.05, 3.63) is 45.2 Å². The van der Waals surface area contributed by atoms with Crippen molar-refractivity contribution >= 4 is 51.7 Å². The molecule has 0 radical (unpaired) electrons. The van der Waals surface area contributed by atoms with Gasteiger partial charge in [0.15, 0.2) is 0 Å². The molecule has 8 heteroatoms. The molecule has 0 aliphatic carbocycles. The van der Waals surface area contributed by atoms with Crippen molar-refractivity contribution in [1.29, 1.82) is 0 Å². The molecule has 1 amide bonds. The van der Waals surface area contributed by atoms with E-state index in [2.05, 4.69) is 11.8 Å². The van der Waals surface area contributed by atoms with Crippen molar-refractivity contribution in [2.75, 3.05) is 24.5 Å². The van der Waals surface area contributed by atoms with Gasteiger partial charge in [-0.25, -0.2) is 4.98 Å². The van der Waals surface area contributed by atoms with Gasteiger partial charge in [-0.2, -0.15) is 0 Å². The number of fused-ring (bicyclic) bond motifs is 1. The van der Waals surface area contributed by atoms with Crippen LogP contribution in [-0.4, -0.2) is 44.1 Å². The zero-order chi connectivity index (χ0) is 19.8. The fourth-order valence-electron chi connectivity index (χ4n) is 3.58. The lowest BCUT2D eigenvalue weighted by Crippen LogP contribution is -2.36. The van der Waals surface area contributed by atoms with Gasteiger partial charge in [-0.1, -0.05) is 37.0 Å². The first-order chi connectivity index (χ1) is 13.5. The Hall–Kier alpha value is -2.19. The summed E-state index contributed by atoms with van der Waals surface area (Å²) in [6.07, 6.45) is 5.51. The number of carbonyl (C=O) groups excluding carboxylic acids is 1. The van der Waals surface area contributed by atoms with Crippen LogP contribution < -0.4 is 10.5 Å². The topological polar surface area (TPSA) is 57.9 Å². The number of carbonyl (C=O) groups is 1. The lowest BCUT2D eigenvalue weighted by atomic mass is 9.99. The molecule has 0 aromatic carbocycles. The lowest BCUT2D eigenvalue weighted by Gasteiger charge is -2.32. The third kappa shape index (κ3) is 3.35. The molecular formula is C20H22N4O2S2. The molecule has 0 spiro atoms. The van der Waals surface area contributed by atoms with Crippen molar-refractivity contribution in [2.45, 2.75) is 26.7 Å². The van der Waals surface area contributed by atoms with E-state index in [-0.39, 0.29) is 11.5 Å². The van der Waals surface area contributed by atoms with Crippen molar-refractivity contribution in [3.8, 4) is 0 Å². The van der Waals surface area contributed by atoms with E-state index in [0.29, 0.717) is 38.7 Å². The first kappa shape index (κ1) is 19.1. The van der Waals surface area contributed by atoms with E-state index in [1.54, 1.807) is 23.2 Å². The largest absolute Gasteiger partial charge is 0.356 e. The second-order valence-corrected chi connectivity index (χ2v) is 8.85. The van der Waals surface area contributed by atoms with Gasteiger partial charge in [0.25, 0.3) is 11.5 Å². The Balaban J connectivity index is 1.86. The second-order valence-electron chi connectivity index (χ2n) is 7.18. The summed E-state index contributed by atoms with van der Waals surface area (Å²) in [5, 5.41) is 0. The predicted octanol–water partition coefficient (Wildman–Crippen LogP) is 3.15. The molecule has 2 aromatic heterocycles. The predicted molar refractivity (Wildman–Crippen MR) is 118 cm³/mol. The molecular weight excluding hydrogens is 392 g/mol. The number of nitrogens with zero attached hydrogens (tertiary/aromatic N) is 4. The van der Waals surface area contributed by atoms with Crippen LogP contribution in [0, 0.1) is 5.92 Å². The highest BCUT2D eigenvalue weighted by atomic mass is 32.2. The number of piperidine rings is 1. The number of hydrogen-bond donors (Lipinski definition) is 0. The zero-order valence-electron chi connectivity index (χ0n) is 15.9. The molecule has 2 saturated heterocycles. The fourth-order valence-corrected chi connectivity index (χ4v) is 4.95. The summed E-state index contributed by atoms with van der Waals surface area (Å²) in [6.45, 7) is 6.37. The fraction of sp³-hybridized carbons (Fsp3) is 0.400. The lowest BCUT2D eigenvalue weighted by molar-refractivity contribution is -0.121. The van der Waals surface area contributed by atoms with Gasteiger partial charge in [-0.3, -0.25) is 18.9 Å². The highest BCUT2D eigenvalue weighted by molar-refractivity contribution is 8.26. The van der Waals surface area contributed by atoms with Crippen LogP contribution in [0.4, 0.5) is 5.82 Å². The van der Waals surface area contributed by atoms with Gasteiger partial charge in [0.2, 0.25) is 0 Å². The summed E-state index contributed by atoms with van der Waals surface area (Å²) in [5.74, 6) is 1.18. The molecule has 6 nitrogen and oxygen atoms in total. The number of hydrogen-bond acceptors (Lipinski definition) is 6. The maximum Gasteiger partial charge on any atom is 0.267 e. The van der Waals surface area contributed by atoms with E-state index in [0.717, 1.165) is 25.9 Å². The number of amides is 1. The number of thiocarbonyl (C=S) groups is 1. The minimum atomic E-state index is -0.166. The number of rotatable bonds is 3. The third-order valence-corrected chi connectivity index (χ3v) is 6.68. The molecule has 28 heavy (non-hydrogen) atoms. The van der Waals surface area contributed by atoms with E-state index in [1.165, 1.54) is 16.2 Å². The summed E-state index contributed by atoms with van der Waals surface area (Å²) in [4.78, 5) is 34.9. The summed E-state index contributed by atoms with van der Waals surface area (Å²) < 4.78 is 2.06. The van der Waals surface area contributed by atoms with E-state index in [4.69, 9.17) is 17.2 Å². The molecule has 0 N–H and O–H groups in total. The Labute approximate surface area is 173 Å². The van der Waals surface area contributed by atoms with Crippen LogP contribution in [0.25, 0.3) is 11.7 Å². The zero-order valence-corrected chi connectivity index (χ0v) is 17.6. The monoisotopic (exact) mass is 414 g/mol. The summed E-state index contributed by atoms with van der Waals surface area (Å²) in [5.41, 5.74) is 0.898. The Morgan fingerprint density at radius 3 is 2.71 bits per heavy atom. The van der Waals surface area contributed by atoms with Gasteiger partial charge < -0.3 is 4.90 Å². The number of aromatic nitrogens is 2. The highest BCUT2D eigenvalue weighted by Crippen LogP contribution is 2.33. The number of likely N-dealkylation sites (N-methyl/N-ethyl adjacent to an activating group) is 1. The van der Waals surface area contributed by atoms with Gasteiger partial charge in [0.1, 0.15) is 15.8 Å². The third-order valence-electron chi connectivity index (χ3n) is 5.30. The summed E-state index contributed by atoms with van der Waals surface area (Å²) in [7, 11) is 0.